The van der Waals surface area contributed by atoms with Crippen molar-refractivity contribution >= 4 is 5.91 Å². The minimum absolute atomic E-state index is 0.236. The van der Waals surface area contributed by atoms with Crippen molar-refractivity contribution in [3.63, 3.8) is 0 Å². The lowest BCUT2D eigenvalue weighted by Gasteiger charge is -2.04. The van der Waals surface area contributed by atoms with Gasteiger partial charge >= 0.3 is 0 Å². The molecule has 0 unspecified atom stereocenters. The van der Waals surface area contributed by atoms with Crippen LogP contribution in [-0.4, -0.2) is 19.8 Å². The number of amides is 1. The average Bonchev–Trinajstić information content (AvgIpc) is 3.13. The van der Waals surface area contributed by atoms with Gasteiger partial charge in [0.25, 0.3) is 5.91 Å². The van der Waals surface area contributed by atoms with Crippen LogP contribution in [0.25, 0.3) is 0 Å². The minimum atomic E-state index is -0.269. The number of carbonyl (C=O) groups excluding carboxylic acids is 1. The molecule has 2 heterocycles. The summed E-state index contributed by atoms with van der Waals surface area (Å²) in [6.45, 7) is 0.963. The van der Waals surface area contributed by atoms with E-state index >= 15 is 0 Å². The Morgan fingerprint density at radius 2 is 2.10 bits per heavy atom. The first-order valence-electron chi connectivity index (χ1n) is 6.50. The number of carbonyl (C=O) groups is 1. The van der Waals surface area contributed by atoms with Crippen LogP contribution >= 0.6 is 0 Å². The van der Waals surface area contributed by atoms with Gasteiger partial charge in [-0.25, -0.2) is 0 Å². The molecule has 1 aliphatic heterocycles. The van der Waals surface area contributed by atoms with Gasteiger partial charge in [0.05, 0.1) is 0 Å². The maximum Gasteiger partial charge on any atom is 0.287 e. The van der Waals surface area contributed by atoms with Gasteiger partial charge in [0.2, 0.25) is 6.79 Å². The van der Waals surface area contributed by atoms with Gasteiger partial charge in [0.15, 0.2) is 17.3 Å². The molecule has 0 saturated carbocycles. The predicted molar refractivity (Wildman–Crippen MR) is 73.2 cm³/mol. The van der Waals surface area contributed by atoms with E-state index in [1.165, 1.54) is 0 Å². The van der Waals surface area contributed by atoms with Crippen molar-refractivity contribution in [1.29, 1.82) is 0 Å². The Labute approximate surface area is 121 Å². The van der Waals surface area contributed by atoms with E-state index in [1.54, 1.807) is 19.2 Å². The maximum atomic E-state index is 12.0. The van der Waals surface area contributed by atoms with Gasteiger partial charge in [-0.3, -0.25) is 4.79 Å². The SMILES string of the molecule is COCc1ccc(C(=O)NCc2ccc3c(c2)OCO3)o1. The number of fused-ring (bicyclic) bond motifs is 1. The van der Waals surface area contributed by atoms with E-state index in [-0.39, 0.29) is 18.5 Å². The fourth-order valence-corrected chi connectivity index (χ4v) is 2.04. The van der Waals surface area contributed by atoms with Crippen LogP contribution in [0.3, 0.4) is 0 Å². The number of rotatable bonds is 5. The second-order valence-electron chi connectivity index (χ2n) is 4.57. The molecule has 1 aromatic heterocycles. The second-order valence-corrected chi connectivity index (χ2v) is 4.57. The molecule has 1 aromatic carbocycles. The van der Waals surface area contributed by atoms with Crippen LogP contribution in [0.1, 0.15) is 21.9 Å². The zero-order valence-electron chi connectivity index (χ0n) is 11.5. The van der Waals surface area contributed by atoms with Gasteiger partial charge in [-0.1, -0.05) is 6.07 Å². The first-order valence-corrected chi connectivity index (χ1v) is 6.50. The molecule has 0 aliphatic carbocycles. The molecule has 0 saturated heterocycles. The standard InChI is InChI=1S/C15H15NO5/c1-18-8-11-3-5-13(21-11)15(17)16-7-10-2-4-12-14(6-10)20-9-19-12/h2-6H,7-9H2,1H3,(H,16,17). The van der Waals surface area contributed by atoms with E-state index < -0.39 is 0 Å². The molecule has 110 valence electrons. The van der Waals surface area contributed by atoms with Crippen LogP contribution < -0.4 is 14.8 Å². The van der Waals surface area contributed by atoms with E-state index in [1.807, 2.05) is 18.2 Å². The lowest BCUT2D eigenvalue weighted by molar-refractivity contribution is 0.0914. The molecule has 3 rings (SSSR count). The Hall–Kier alpha value is -2.47. The maximum absolute atomic E-state index is 12.0. The Bertz CT molecular complexity index is 649. The molecular formula is C15H15NO5. The highest BCUT2D eigenvalue weighted by Gasteiger charge is 2.14. The van der Waals surface area contributed by atoms with Crippen molar-refractivity contribution in [1.82, 2.24) is 5.32 Å². The Morgan fingerprint density at radius 3 is 2.95 bits per heavy atom. The first kappa shape index (κ1) is 13.5. The minimum Gasteiger partial charge on any atom is -0.454 e. The van der Waals surface area contributed by atoms with Crippen molar-refractivity contribution in [3.8, 4) is 11.5 Å². The number of hydrogen-bond donors (Lipinski definition) is 1. The zero-order valence-corrected chi connectivity index (χ0v) is 11.5. The third-order valence-electron chi connectivity index (χ3n) is 3.06. The van der Waals surface area contributed by atoms with Crippen LogP contribution in [0.15, 0.2) is 34.7 Å². The summed E-state index contributed by atoms with van der Waals surface area (Å²) >= 11 is 0. The molecule has 6 nitrogen and oxygen atoms in total. The van der Waals surface area contributed by atoms with E-state index in [0.29, 0.717) is 24.7 Å². The van der Waals surface area contributed by atoms with Gasteiger partial charge in [-0.2, -0.15) is 0 Å². The van der Waals surface area contributed by atoms with E-state index in [4.69, 9.17) is 18.6 Å². The van der Waals surface area contributed by atoms with E-state index in [2.05, 4.69) is 5.32 Å². The zero-order chi connectivity index (χ0) is 14.7. The predicted octanol–water partition coefficient (Wildman–Crippen LogP) is 2.08. The number of benzene rings is 1. The van der Waals surface area contributed by atoms with Crippen molar-refractivity contribution in [2.45, 2.75) is 13.2 Å². The van der Waals surface area contributed by atoms with E-state index in [0.717, 1.165) is 11.3 Å². The summed E-state index contributed by atoms with van der Waals surface area (Å²) in [4.78, 5) is 12.0. The number of ether oxygens (including phenoxy) is 3. The van der Waals surface area contributed by atoms with Crippen LogP contribution in [0.2, 0.25) is 0 Å². The quantitative estimate of drug-likeness (QED) is 0.912. The molecule has 6 heteroatoms. The number of hydrogen-bond acceptors (Lipinski definition) is 5. The lowest BCUT2D eigenvalue weighted by Crippen LogP contribution is -2.22. The second kappa shape index (κ2) is 5.88. The highest BCUT2D eigenvalue weighted by molar-refractivity contribution is 5.91. The largest absolute Gasteiger partial charge is 0.454 e. The summed E-state index contributed by atoms with van der Waals surface area (Å²) in [5.41, 5.74) is 0.927. The van der Waals surface area contributed by atoms with Crippen LogP contribution in [0.4, 0.5) is 0 Å². The first-order chi connectivity index (χ1) is 10.3. The highest BCUT2D eigenvalue weighted by Crippen LogP contribution is 2.32. The van der Waals surface area contributed by atoms with Gasteiger partial charge in [0.1, 0.15) is 12.4 Å². The van der Waals surface area contributed by atoms with Crippen LogP contribution in [-0.2, 0) is 17.9 Å². The van der Waals surface area contributed by atoms with Gasteiger partial charge in [-0.15, -0.1) is 0 Å². The molecular weight excluding hydrogens is 274 g/mol. The topological polar surface area (TPSA) is 69.9 Å². The molecule has 2 aromatic rings. The number of methoxy groups -OCH3 is 1. The van der Waals surface area contributed by atoms with Crippen LogP contribution in [0, 0.1) is 0 Å². The molecule has 0 fully saturated rings. The Kier molecular flexibility index (Phi) is 3.79. The summed E-state index contributed by atoms with van der Waals surface area (Å²) in [6.07, 6.45) is 0. The average molecular weight is 289 g/mol. The summed E-state index contributed by atoms with van der Waals surface area (Å²) in [5, 5.41) is 2.79. The summed E-state index contributed by atoms with van der Waals surface area (Å²) in [5.74, 6) is 2.03. The molecule has 0 bridgehead atoms. The van der Waals surface area contributed by atoms with Crippen molar-refractivity contribution in [2.75, 3.05) is 13.9 Å². The third kappa shape index (κ3) is 3.00. The molecule has 0 radical (unpaired) electrons. The Balaban J connectivity index is 1.60. The number of furan rings is 1. The normalized spacial score (nSPS) is 12.4. The summed E-state index contributed by atoms with van der Waals surface area (Å²) < 4.78 is 20.8. The monoisotopic (exact) mass is 289 g/mol. The van der Waals surface area contributed by atoms with Gasteiger partial charge in [0, 0.05) is 13.7 Å². The van der Waals surface area contributed by atoms with Crippen LogP contribution in [0.5, 0.6) is 11.5 Å². The molecule has 21 heavy (non-hydrogen) atoms. The number of nitrogens with one attached hydrogen (secondary N) is 1. The molecule has 1 amide bonds. The van der Waals surface area contributed by atoms with Crippen molar-refractivity contribution < 1.29 is 23.4 Å². The fraction of sp³-hybridized carbons (Fsp3) is 0.267. The van der Waals surface area contributed by atoms with Crippen molar-refractivity contribution in [3.05, 3.63) is 47.4 Å². The summed E-state index contributed by atoms with van der Waals surface area (Å²) in [6, 6.07) is 8.91. The Morgan fingerprint density at radius 1 is 1.24 bits per heavy atom. The van der Waals surface area contributed by atoms with Gasteiger partial charge < -0.3 is 23.9 Å². The molecule has 0 spiro atoms. The summed E-state index contributed by atoms with van der Waals surface area (Å²) in [7, 11) is 1.57. The lowest BCUT2D eigenvalue weighted by atomic mass is 10.2. The van der Waals surface area contributed by atoms with E-state index in [9.17, 15) is 4.79 Å². The molecule has 1 N–H and O–H groups in total. The highest BCUT2D eigenvalue weighted by atomic mass is 16.7. The third-order valence-corrected chi connectivity index (χ3v) is 3.06. The fourth-order valence-electron chi connectivity index (χ4n) is 2.04. The molecule has 1 aliphatic rings. The smallest absolute Gasteiger partial charge is 0.287 e. The van der Waals surface area contributed by atoms with Gasteiger partial charge in [-0.05, 0) is 29.8 Å². The van der Waals surface area contributed by atoms with Crippen molar-refractivity contribution in [2.24, 2.45) is 0 Å². The molecule has 0 atom stereocenters.